The topological polar surface area (TPSA) is 43.4 Å². The number of ether oxygens (including phenoxy) is 1. The molecule has 0 amide bonds. The van der Waals surface area contributed by atoms with E-state index in [1.807, 2.05) is 30.3 Å². The van der Waals surface area contributed by atoms with Crippen LogP contribution in [0.25, 0.3) is 17.0 Å². The second-order valence-electron chi connectivity index (χ2n) is 6.44. The van der Waals surface area contributed by atoms with E-state index in [0.717, 1.165) is 25.1 Å². The first-order valence-corrected chi connectivity index (χ1v) is 9.33. The Morgan fingerprint density at radius 1 is 1.11 bits per heavy atom. The van der Waals surface area contributed by atoms with E-state index in [1.54, 1.807) is 11.8 Å². The molecule has 1 aliphatic rings. The van der Waals surface area contributed by atoms with Crippen molar-refractivity contribution in [2.75, 3.05) is 20.2 Å². The van der Waals surface area contributed by atoms with E-state index in [9.17, 15) is 0 Å². The lowest BCUT2D eigenvalue weighted by molar-refractivity contribution is 0.223. The smallest absolute Gasteiger partial charge is 0.288 e. The van der Waals surface area contributed by atoms with Crippen LogP contribution < -0.4 is 4.74 Å². The van der Waals surface area contributed by atoms with Crippen LogP contribution in [0.4, 0.5) is 0 Å². The van der Waals surface area contributed by atoms with Crippen molar-refractivity contribution < 1.29 is 9.15 Å². The predicted molar refractivity (Wildman–Crippen MR) is 108 cm³/mol. The fraction of sp³-hybridized carbons (Fsp3) is 0.238. The predicted octanol–water partition coefficient (Wildman–Crippen LogP) is 4.63. The van der Waals surface area contributed by atoms with Crippen LogP contribution >= 0.6 is 12.2 Å². The van der Waals surface area contributed by atoms with E-state index in [4.69, 9.17) is 21.4 Å². The van der Waals surface area contributed by atoms with Crippen molar-refractivity contribution in [2.45, 2.75) is 13.1 Å². The molecule has 0 radical (unpaired) electrons. The number of hydrogen-bond acceptors (Lipinski definition) is 5. The monoisotopic (exact) mass is 379 g/mol. The van der Waals surface area contributed by atoms with Gasteiger partial charge >= 0.3 is 0 Å². The van der Waals surface area contributed by atoms with Gasteiger partial charge in [-0.25, -0.2) is 4.68 Å². The highest BCUT2D eigenvalue weighted by Gasteiger charge is 2.17. The van der Waals surface area contributed by atoms with Crippen LogP contribution in [0.3, 0.4) is 0 Å². The van der Waals surface area contributed by atoms with Gasteiger partial charge in [0.05, 0.1) is 19.3 Å². The molecule has 1 aromatic heterocycles. The molecule has 3 aromatic rings. The van der Waals surface area contributed by atoms with Crippen molar-refractivity contribution in [3.8, 4) is 17.2 Å². The third-order valence-electron chi connectivity index (χ3n) is 4.72. The summed E-state index contributed by atoms with van der Waals surface area (Å²) in [5, 5.41) is 4.56. The van der Waals surface area contributed by atoms with Crippen LogP contribution in [-0.4, -0.2) is 34.9 Å². The normalized spacial score (nSPS) is 14.8. The summed E-state index contributed by atoms with van der Waals surface area (Å²) in [5.74, 6) is 1.20. The second-order valence-corrected chi connectivity index (χ2v) is 6.79. The third kappa shape index (κ3) is 3.86. The largest absolute Gasteiger partial charge is 0.496 e. The molecule has 0 atom stereocenters. The lowest BCUT2D eigenvalue weighted by Crippen LogP contribution is -2.31. The molecule has 0 saturated heterocycles. The summed E-state index contributed by atoms with van der Waals surface area (Å²) in [6.07, 6.45) is 3.29. The molecular formula is C21H21N3O2S. The van der Waals surface area contributed by atoms with E-state index >= 15 is 0 Å². The van der Waals surface area contributed by atoms with Gasteiger partial charge in [0.2, 0.25) is 0 Å². The molecule has 1 aliphatic heterocycles. The van der Waals surface area contributed by atoms with Crippen molar-refractivity contribution in [3.63, 3.8) is 0 Å². The molecule has 138 valence electrons. The Kier molecular flexibility index (Phi) is 5.18. The van der Waals surface area contributed by atoms with Crippen molar-refractivity contribution in [2.24, 2.45) is 0 Å². The van der Waals surface area contributed by atoms with Crippen LogP contribution in [0.1, 0.15) is 12.0 Å². The number of benzene rings is 2. The molecule has 0 fully saturated rings. The molecule has 0 spiro atoms. The Bertz CT molecular complexity index is 1010. The highest BCUT2D eigenvalue weighted by molar-refractivity contribution is 7.71. The van der Waals surface area contributed by atoms with Gasteiger partial charge in [-0.15, -0.1) is 5.10 Å². The van der Waals surface area contributed by atoms with E-state index in [-0.39, 0.29) is 0 Å². The van der Waals surface area contributed by atoms with Crippen molar-refractivity contribution in [1.29, 1.82) is 0 Å². The van der Waals surface area contributed by atoms with Gasteiger partial charge in [0.1, 0.15) is 5.75 Å². The summed E-state index contributed by atoms with van der Waals surface area (Å²) in [7, 11) is 1.63. The minimum Gasteiger partial charge on any atom is -0.496 e. The fourth-order valence-electron chi connectivity index (χ4n) is 3.27. The maximum absolute atomic E-state index is 5.72. The van der Waals surface area contributed by atoms with Gasteiger partial charge in [0.25, 0.3) is 10.7 Å². The summed E-state index contributed by atoms with van der Waals surface area (Å²) in [5.41, 5.74) is 3.49. The van der Waals surface area contributed by atoms with Crippen LogP contribution in [0.2, 0.25) is 0 Å². The molecular weight excluding hydrogens is 358 g/mol. The first-order chi connectivity index (χ1) is 13.2. The Morgan fingerprint density at radius 2 is 1.89 bits per heavy atom. The summed E-state index contributed by atoms with van der Waals surface area (Å²) in [6, 6.07) is 18.2. The average molecular weight is 379 g/mol. The molecule has 5 nitrogen and oxygen atoms in total. The zero-order valence-corrected chi connectivity index (χ0v) is 16.0. The van der Waals surface area contributed by atoms with Crippen LogP contribution in [-0.2, 0) is 6.67 Å². The maximum Gasteiger partial charge on any atom is 0.288 e. The molecule has 2 heterocycles. The molecule has 6 heteroatoms. The number of rotatable bonds is 5. The van der Waals surface area contributed by atoms with E-state index in [0.29, 0.717) is 23.1 Å². The van der Waals surface area contributed by atoms with Crippen molar-refractivity contribution in [3.05, 3.63) is 71.1 Å². The Balaban J connectivity index is 1.49. The molecule has 0 bridgehead atoms. The zero-order valence-electron chi connectivity index (χ0n) is 15.2. The quantitative estimate of drug-likeness (QED) is 0.605. The van der Waals surface area contributed by atoms with Crippen molar-refractivity contribution in [1.82, 2.24) is 14.7 Å². The highest BCUT2D eigenvalue weighted by Crippen LogP contribution is 2.28. The summed E-state index contributed by atoms with van der Waals surface area (Å²) in [4.78, 5) is 2.67. The minimum atomic E-state index is 0.369. The van der Waals surface area contributed by atoms with E-state index < -0.39 is 0 Å². The average Bonchev–Trinajstić information content (AvgIpc) is 3.09. The van der Waals surface area contributed by atoms with Gasteiger partial charge in [0, 0.05) is 13.1 Å². The first-order valence-electron chi connectivity index (χ1n) is 8.93. The molecule has 27 heavy (non-hydrogen) atoms. The molecule has 0 saturated carbocycles. The molecule has 0 aliphatic carbocycles. The first kappa shape index (κ1) is 17.7. The van der Waals surface area contributed by atoms with E-state index in [1.165, 1.54) is 11.1 Å². The third-order valence-corrected chi connectivity index (χ3v) is 5.01. The Hall–Kier alpha value is -2.70. The standard InChI is InChI=1S/C21H21N3O2S/c1-25-19-10-6-5-9-18(19)20-22-24(21(27)26-20)15-23-13-11-17(12-14-23)16-7-3-2-4-8-16/h2-11H,12-15H2,1H3. The van der Waals surface area contributed by atoms with Crippen molar-refractivity contribution >= 4 is 17.8 Å². The maximum atomic E-state index is 5.72. The minimum absolute atomic E-state index is 0.369. The number of methoxy groups -OCH3 is 1. The van der Waals surface area contributed by atoms with Crippen LogP contribution in [0.15, 0.2) is 65.1 Å². The fourth-order valence-corrected chi connectivity index (χ4v) is 3.45. The second kappa shape index (κ2) is 7.90. The lowest BCUT2D eigenvalue weighted by Gasteiger charge is -2.25. The number of para-hydroxylation sites is 1. The Morgan fingerprint density at radius 3 is 2.63 bits per heavy atom. The number of aromatic nitrogens is 2. The highest BCUT2D eigenvalue weighted by atomic mass is 32.1. The van der Waals surface area contributed by atoms with Gasteiger partial charge in [0.15, 0.2) is 0 Å². The van der Waals surface area contributed by atoms with Gasteiger partial charge in [-0.3, -0.25) is 4.90 Å². The lowest BCUT2D eigenvalue weighted by atomic mass is 10.00. The molecule has 4 rings (SSSR count). The number of nitrogens with zero attached hydrogens (tertiary/aromatic N) is 3. The van der Waals surface area contributed by atoms with Crippen LogP contribution in [0, 0.1) is 4.84 Å². The summed E-state index contributed by atoms with van der Waals surface area (Å²) in [6.45, 7) is 2.43. The van der Waals surface area contributed by atoms with Gasteiger partial charge in [-0.1, -0.05) is 48.5 Å². The molecule has 2 aromatic carbocycles. The number of hydrogen-bond donors (Lipinski definition) is 0. The van der Waals surface area contributed by atoms with Gasteiger partial charge in [-0.05, 0) is 41.9 Å². The summed E-state index contributed by atoms with van der Waals surface area (Å²) < 4.78 is 12.8. The van der Waals surface area contributed by atoms with E-state index in [2.05, 4.69) is 40.3 Å². The Labute approximate surface area is 163 Å². The zero-order chi connectivity index (χ0) is 18.6. The van der Waals surface area contributed by atoms with Crippen LogP contribution in [0.5, 0.6) is 5.75 Å². The van der Waals surface area contributed by atoms with Gasteiger partial charge in [-0.2, -0.15) is 0 Å². The summed E-state index contributed by atoms with van der Waals surface area (Å²) >= 11 is 5.37. The SMILES string of the molecule is COc1ccccc1-c1nn(CN2CC=C(c3ccccc3)CC2)c(=S)o1. The molecule has 0 N–H and O–H groups in total. The van der Waals surface area contributed by atoms with Gasteiger partial charge < -0.3 is 9.15 Å². The molecule has 0 unspecified atom stereocenters.